The molecule has 2 aromatic rings. The third kappa shape index (κ3) is 3.42. The zero-order chi connectivity index (χ0) is 19.0. The second-order valence-electron chi connectivity index (χ2n) is 6.57. The number of carbonyl (C=O) groups excluding carboxylic acids is 2. The Morgan fingerprint density at radius 3 is 2.41 bits per heavy atom. The van der Waals surface area contributed by atoms with Gasteiger partial charge < -0.3 is 14.5 Å². The average molecular weight is 376 g/mol. The van der Waals surface area contributed by atoms with Gasteiger partial charge in [-0.3, -0.25) is 14.7 Å². The van der Waals surface area contributed by atoms with Crippen LogP contribution in [0.3, 0.4) is 0 Å². The van der Waals surface area contributed by atoms with Crippen molar-refractivity contribution in [1.29, 1.82) is 0 Å². The summed E-state index contributed by atoms with van der Waals surface area (Å²) in [5.41, 5.74) is 1.69. The molecule has 1 fully saturated rings. The molecule has 2 aliphatic heterocycles. The Kier molecular flexibility index (Phi) is 4.61. The summed E-state index contributed by atoms with van der Waals surface area (Å²) < 4.78 is 32.1. The van der Waals surface area contributed by atoms with E-state index in [1.165, 1.54) is 4.90 Å². The monoisotopic (exact) mass is 376 g/mol. The molecular formula is C18H18F2N4O3. The molecule has 0 unspecified atom stereocenters. The molecular weight excluding hydrogens is 358 g/mol. The van der Waals surface area contributed by atoms with Crippen LogP contribution < -0.4 is 0 Å². The van der Waals surface area contributed by atoms with E-state index >= 15 is 0 Å². The summed E-state index contributed by atoms with van der Waals surface area (Å²) in [5.74, 6) is -2.29. The van der Waals surface area contributed by atoms with Gasteiger partial charge in [0.05, 0.1) is 19.8 Å². The quantitative estimate of drug-likeness (QED) is 0.859. The second kappa shape index (κ2) is 7.07. The third-order valence-corrected chi connectivity index (χ3v) is 4.83. The number of fused-ring (bicyclic) bond motifs is 1. The molecule has 9 heteroatoms. The minimum atomic E-state index is -0.803. The van der Waals surface area contributed by atoms with E-state index in [1.807, 2.05) is 0 Å². The van der Waals surface area contributed by atoms with Gasteiger partial charge in [0, 0.05) is 48.9 Å². The number of nitrogens with one attached hydrogen (secondary N) is 1. The highest BCUT2D eigenvalue weighted by atomic mass is 19.1. The predicted molar refractivity (Wildman–Crippen MR) is 90.1 cm³/mol. The highest BCUT2D eigenvalue weighted by molar-refractivity contribution is 5.96. The third-order valence-electron chi connectivity index (χ3n) is 4.83. The Labute approximate surface area is 153 Å². The molecule has 1 N–H and O–H groups in total. The lowest BCUT2D eigenvalue weighted by molar-refractivity contribution is 0.0297. The number of ether oxygens (including phenoxy) is 1. The molecule has 2 aliphatic rings. The number of benzene rings is 1. The molecule has 0 radical (unpaired) electrons. The van der Waals surface area contributed by atoms with Gasteiger partial charge in [-0.2, -0.15) is 5.10 Å². The molecule has 0 aliphatic carbocycles. The summed E-state index contributed by atoms with van der Waals surface area (Å²) in [5, 5.41) is 7.03. The molecule has 4 rings (SSSR count). The molecule has 1 aromatic heterocycles. The standard InChI is InChI=1S/C18H18F2N4O3/c19-12-7-11(8-13(20)9-12)17(25)24-2-1-15-14(10-24)16(22-21-15)18(26)23-3-5-27-6-4-23/h7-9H,1-6,10H2,(H,21,22). The summed E-state index contributed by atoms with van der Waals surface area (Å²) in [7, 11) is 0. The first-order valence-electron chi connectivity index (χ1n) is 8.71. The van der Waals surface area contributed by atoms with E-state index < -0.39 is 17.5 Å². The van der Waals surface area contributed by atoms with Gasteiger partial charge in [0.2, 0.25) is 0 Å². The van der Waals surface area contributed by atoms with Gasteiger partial charge in [-0.25, -0.2) is 8.78 Å². The van der Waals surface area contributed by atoms with Crippen LogP contribution in [0.5, 0.6) is 0 Å². The average Bonchev–Trinajstić information content (AvgIpc) is 3.10. The zero-order valence-electron chi connectivity index (χ0n) is 14.5. The molecule has 0 saturated carbocycles. The van der Waals surface area contributed by atoms with E-state index in [-0.39, 0.29) is 23.7 Å². The van der Waals surface area contributed by atoms with Crippen LogP contribution >= 0.6 is 0 Å². The normalized spacial score (nSPS) is 17.0. The Hall–Kier alpha value is -2.81. The highest BCUT2D eigenvalue weighted by Crippen LogP contribution is 2.23. The van der Waals surface area contributed by atoms with Crippen molar-refractivity contribution in [2.24, 2.45) is 0 Å². The maximum absolute atomic E-state index is 13.4. The van der Waals surface area contributed by atoms with Crippen molar-refractivity contribution in [3.63, 3.8) is 0 Å². The number of halogens is 2. The fraction of sp³-hybridized carbons (Fsp3) is 0.389. The van der Waals surface area contributed by atoms with Crippen LogP contribution in [0, 0.1) is 11.6 Å². The van der Waals surface area contributed by atoms with Crippen LogP contribution in [-0.4, -0.2) is 64.7 Å². The van der Waals surface area contributed by atoms with Gasteiger partial charge in [-0.05, 0) is 12.1 Å². The maximum atomic E-state index is 13.4. The van der Waals surface area contributed by atoms with Crippen LogP contribution in [0.2, 0.25) is 0 Å². The Morgan fingerprint density at radius 1 is 1.00 bits per heavy atom. The Morgan fingerprint density at radius 2 is 1.70 bits per heavy atom. The van der Waals surface area contributed by atoms with Gasteiger partial charge in [-0.1, -0.05) is 0 Å². The summed E-state index contributed by atoms with van der Waals surface area (Å²) in [6.07, 6.45) is 0.488. The lowest BCUT2D eigenvalue weighted by atomic mass is 10.0. The van der Waals surface area contributed by atoms with E-state index in [0.29, 0.717) is 44.8 Å². The van der Waals surface area contributed by atoms with E-state index in [2.05, 4.69) is 10.2 Å². The molecule has 142 valence electrons. The van der Waals surface area contributed by atoms with Crippen molar-refractivity contribution in [2.75, 3.05) is 32.8 Å². The minimum absolute atomic E-state index is 0.0551. The van der Waals surface area contributed by atoms with Crippen molar-refractivity contribution < 1.29 is 23.1 Å². The number of carbonyl (C=O) groups is 2. The molecule has 27 heavy (non-hydrogen) atoms. The second-order valence-corrected chi connectivity index (χ2v) is 6.57. The largest absolute Gasteiger partial charge is 0.378 e. The van der Waals surface area contributed by atoms with Crippen LogP contribution in [0.15, 0.2) is 18.2 Å². The number of amides is 2. The molecule has 1 aromatic carbocycles. The fourth-order valence-corrected chi connectivity index (χ4v) is 3.42. The maximum Gasteiger partial charge on any atom is 0.274 e. The number of aromatic amines is 1. The van der Waals surface area contributed by atoms with Gasteiger partial charge in [0.1, 0.15) is 11.6 Å². The van der Waals surface area contributed by atoms with Crippen LogP contribution in [0.1, 0.15) is 32.1 Å². The Bertz CT molecular complexity index is 872. The van der Waals surface area contributed by atoms with E-state index in [4.69, 9.17) is 4.74 Å². The van der Waals surface area contributed by atoms with E-state index in [9.17, 15) is 18.4 Å². The number of hydrogen-bond acceptors (Lipinski definition) is 4. The highest BCUT2D eigenvalue weighted by Gasteiger charge is 2.31. The lowest BCUT2D eigenvalue weighted by Gasteiger charge is -2.29. The molecule has 1 saturated heterocycles. The van der Waals surface area contributed by atoms with Crippen LogP contribution in [0.4, 0.5) is 8.78 Å². The molecule has 0 spiro atoms. The summed E-state index contributed by atoms with van der Waals surface area (Å²) in [4.78, 5) is 28.6. The fourth-order valence-electron chi connectivity index (χ4n) is 3.42. The zero-order valence-corrected chi connectivity index (χ0v) is 14.5. The van der Waals surface area contributed by atoms with E-state index in [1.54, 1.807) is 4.90 Å². The number of morpholine rings is 1. The predicted octanol–water partition coefficient (Wildman–Crippen LogP) is 1.36. The van der Waals surface area contributed by atoms with Crippen molar-refractivity contribution in [1.82, 2.24) is 20.0 Å². The van der Waals surface area contributed by atoms with Gasteiger partial charge in [-0.15, -0.1) is 0 Å². The Balaban J connectivity index is 1.56. The van der Waals surface area contributed by atoms with Gasteiger partial charge in [0.25, 0.3) is 11.8 Å². The van der Waals surface area contributed by atoms with Crippen LogP contribution in [-0.2, 0) is 17.7 Å². The molecule has 2 amide bonds. The van der Waals surface area contributed by atoms with Gasteiger partial charge in [0.15, 0.2) is 5.69 Å². The smallest absolute Gasteiger partial charge is 0.274 e. The molecule has 0 atom stereocenters. The molecule has 3 heterocycles. The SMILES string of the molecule is O=C(c1cc(F)cc(F)c1)N1CCc2[nH]nc(C(=O)N3CCOCC3)c2C1. The number of H-pyrrole nitrogens is 1. The summed E-state index contributed by atoms with van der Waals surface area (Å²) in [6, 6.07) is 2.74. The number of hydrogen-bond donors (Lipinski definition) is 1. The van der Waals surface area contributed by atoms with Crippen molar-refractivity contribution in [3.8, 4) is 0 Å². The molecule has 0 bridgehead atoms. The van der Waals surface area contributed by atoms with Crippen molar-refractivity contribution in [2.45, 2.75) is 13.0 Å². The lowest BCUT2D eigenvalue weighted by Crippen LogP contribution is -2.42. The first-order valence-corrected chi connectivity index (χ1v) is 8.71. The van der Waals surface area contributed by atoms with Gasteiger partial charge >= 0.3 is 0 Å². The summed E-state index contributed by atoms with van der Waals surface area (Å²) >= 11 is 0. The number of rotatable bonds is 2. The first kappa shape index (κ1) is 17.6. The number of nitrogens with zero attached hydrogens (tertiary/aromatic N) is 3. The van der Waals surface area contributed by atoms with Crippen LogP contribution in [0.25, 0.3) is 0 Å². The first-order chi connectivity index (χ1) is 13.0. The summed E-state index contributed by atoms with van der Waals surface area (Å²) in [6.45, 7) is 2.48. The van der Waals surface area contributed by atoms with Crippen molar-refractivity contribution >= 4 is 11.8 Å². The van der Waals surface area contributed by atoms with E-state index in [0.717, 1.165) is 23.9 Å². The van der Waals surface area contributed by atoms with Crippen molar-refractivity contribution in [3.05, 3.63) is 52.3 Å². The number of aromatic nitrogens is 2. The minimum Gasteiger partial charge on any atom is -0.378 e. The molecule has 7 nitrogen and oxygen atoms in total. The topological polar surface area (TPSA) is 78.5 Å².